The van der Waals surface area contributed by atoms with Gasteiger partial charge in [0.15, 0.2) is 11.5 Å². The SMILES string of the molecule is C=CCOc1ccc(-c2noc(-c3ccccc3F)n2)cc1OC. The molecular formula is C18H15FN2O3. The van der Waals surface area contributed by atoms with Gasteiger partial charge in [0, 0.05) is 5.56 Å². The maximum Gasteiger partial charge on any atom is 0.261 e. The zero-order chi connectivity index (χ0) is 16.9. The van der Waals surface area contributed by atoms with E-state index in [2.05, 4.69) is 16.7 Å². The Labute approximate surface area is 138 Å². The molecule has 0 radical (unpaired) electrons. The molecule has 0 unspecified atom stereocenters. The van der Waals surface area contributed by atoms with Crippen LogP contribution in [0, 0.1) is 5.82 Å². The Balaban J connectivity index is 1.93. The standard InChI is InChI=1S/C18H15FN2O3/c1-3-10-23-15-9-8-12(11-16(15)22-2)17-20-18(24-21-17)13-6-4-5-7-14(13)19/h3-9,11H,1,10H2,2H3. The maximum atomic E-state index is 13.8. The normalized spacial score (nSPS) is 10.4. The minimum absolute atomic E-state index is 0.119. The molecule has 0 bridgehead atoms. The number of ether oxygens (including phenoxy) is 2. The van der Waals surface area contributed by atoms with Crippen molar-refractivity contribution in [1.29, 1.82) is 0 Å². The van der Waals surface area contributed by atoms with Crippen LogP contribution in [0.15, 0.2) is 59.6 Å². The van der Waals surface area contributed by atoms with Gasteiger partial charge in [0.05, 0.1) is 12.7 Å². The third kappa shape index (κ3) is 3.12. The Bertz CT molecular complexity index is 861. The lowest BCUT2D eigenvalue weighted by Gasteiger charge is -2.09. The summed E-state index contributed by atoms with van der Waals surface area (Å²) in [5.41, 5.74) is 0.929. The summed E-state index contributed by atoms with van der Waals surface area (Å²) in [4.78, 5) is 4.25. The quantitative estimate of drug-likeness (QED) is 0.638. The zero-order valence-electron chi connectivity index (χ0n) is 13.0. The fourth-order valence-electron chi connectivity index (χ4n) is 2.16. The van der Waals surface area contributed by atoms with Crippen molar-refractivity contribution in [3.05, 3.63) is 60.9 Å². The number of rotatable bonds is 6. The molecule has 0 saturated carbocycles. The van der Waals surface area contributed by atoms with Crippen LogP contribution in [0.25, 0.3) is 22.8 Å². The van der Waals surface area contributed by atoms with Crippen molar-refractivity contribution >= 4 is 0 Å². The van der Waals surface area contributed by atoms with Crippen LogP contribution in [0.1, 0.15) is 0 Å². The van der Waals surface area contributed by atoms with E-state index in [9.17, 15) is 4.39 Å². The van der Waals surface area contributed by atoms with Crippen LogP contribution in [0.2, 0.25) is 0 Å². The average molecular weight is 326 g/mol. The summed E-state index contributed by atoms with van der Waals surface area (Å²) in [6, 6.07) is 11.5. The second kappa shape index (κ2) is 6.95. The minimum atomic E-state index is -0.418. The smallest absolute Gasteiger partial charge is 0.261 e. The number of halogens is 1. The van der Waals surface area contributed by atoms with Crippen LogP contribution in [-0.4, -0.2) is 23.9 Å². The molecule has 3 aromatic rings. The lowest BCUT2D eigenvalue weighted by molar-refractivity contribution is 0.326. The molecule has 6 heteroatoms. The topological polar surface area (TPSA) is 57.4 Å². The van der Waals surface area contributed by atoms with Crippen molar-refractivity contribution in [2.24, 2.45) is 0 Å². The molecule has 2 aromatic carbocycles. The monoisotopic (exact) mass is 326 g/mol. The molecule has 0 saturated heterocycles. The Kier molecular flexibility index (Phi) is 4.56. The number of hydrogen-bond donors (Lipinski definition) is 0. The van der Waals surface area contributed by atoms with Crippen molar-refractivity contribution in [3.8, 4) is 34.3 Å². The molecule has 122 valence electrons. The summed E-state index contributed by atoms with van der Waals surface area (Å²) in [5.74, 6) is 1.15. The molecule has 0 amide bonds. The van der Waals surface area contributed by atoms with E-state index >= 15 is 0 Å². The Morgan fingerprint density at radius 1 is 1.21 bits per heavy atom. The van der Waals surface area contributed by atoms with Gasteiger partial charge in [-0.05, 0) is 30.3 Å². The molecule has 0 aliphatic heterocycles. The second-order valence-corrected chi connectivity index (χ2v) is 4.87. The molecule has 24 heavy (non-hydrogen) atoms. The van der Waals surface area contributed by atoms with Gasteiger partial charge in [-0.25, -0.2) is 4.39 Å². The van der Waals surface area contributed by atoms with Crippen molar-refractivity contribution in [2.45, 2.75) is 0 Å². The van der Waals surface area contributed by atoms with E-state index in [1.165, 1.54) is 6.07 Å². The zero-order valence-corrected chi connectivity index (χ0v) is 13.0. The van der Waals surface area contributed by atoms with Gasteiger partial charge in [-0.2, -0.15) is 4.98 Å². The third-order valence-corrected chi connectivity index (χ3v) is 3.31. The lowest BCUT2D eigenvalue weighted by atomic mass is 10.2. The number of benzene rings is 2. The molecule has 0 spiro atoms. The van der Waals surface area contributed by atoms with Gasteiger partial charge in [-0.3, -0.25) is 0 Å². The predicted molar refractivity (Wildman–Crippen MR) is 87.4 cm³/mol. The number of nitrogens with zero attached hydrogens (tertiary/aromatic N) is 2. The molecule has 0 N–H and O–H groups in total. The number of methoxy groups -OCH3 is 1. The maximum absolute atomic E-state index is 13.8. The number of aromatic nitrogens is 2. The molecule has 5 nitrogen and oxygen atoms in total. The molecule has 3 rings (SSSR count). The van der Waals surface area contributed by atoms with Crippen LogP contribution in [0.5, 0.6) is 11.5 Å². The first-order valence-corrected chi connectivity index (χ1v) is 7.23. The van der Waals surface area contributed by atoms with E-state index in [0.717, 1.165) is 0 Å². The average Bonchev–Trinajstić information content (AvgIpc) is 3.10. The van der Waals surface area contributed by atoms with Crippen molar-refractivity contribution in [3.63, 3.8) is 0 Å². The fourth-order valence-corrected chi connectivity index (χ4v) is 2.16. The first kappa shape index (κ1) is 15.7. The summed E-state index contributed by atoms with van der Waals surface area (Å²) < 4.78 is 29.8. The highest BCUT2D eigenvalue weighted by molar-refractivity contribution is 5.63. The second-order valence-electron chi connectivity index (χ2n) is 4.87. The predicted octanol–water partition coefficient (Wildman–Crippen LogP) is 4.12. The lowest BCUT2D eigenvalue weighted by Crippen LogP contribution is -1.96. The highest BCUT2D eigenvalue weighted by Gasteiger charge is 2.15. The van der Waals surface area contributed by atoms with Gasteiger partial charge in [0.2, 0.25) is 5.82 Å². The molecule has 0 atom stereocenters. The van der Waals surface area contributed by atoms with E-state index < -0.39 is 5.82 Å². The van der Waals surface area contributed by atoms with Gasteiger partial charge < -0.3 is 14.0 Å². The molecule has 0 aliphatic rings. The van der Waals surface area contributed by atoms with Gasteiger partial charge >= 0.3 is 0 Å². The molecular weight excluding hydrogens is 311 g/mol. The van der Waals surface area contributed by atoms with Crippen molar-refractivity contribution in [2.75, 3.05) is 13.7 Å². The fraction of sp³-hybridized carbons (Fsp3) is 0.111. The van der Waals surface area contributed by atoms with Gasteiger partial charge in [-0.1, -0.05) is 29.9 Å². The van der Waals surface area contributed by atoms with Crippen molar-refractivity contribution in [1.82, 2.24) is 10.1 Å². The summed E-state index contributed by atoms with van der Waals surface area (Å²) in [5, 5.41) is 3.91. The van der Waals surface area contributed by atoms with E-state index in [1.807, 2.05) is 0 Å². The van der Waals surface area contributed by atoms with Crippen LogP contribution in [0.3, 0.4) is 0 Å². The Morgan fingerprint density at radius 2 is 2.04 bits per heavy atom. The Hall–Kier alpha value is -3.15. The third-order valence-electron chi connectivity index (χ3n) is 3.31. The van der Waals surface area contributed by atoms with E-state index in [0.29, 0.717) is 29.5 Å². The van der Waals surface area contributed by atoms with Crippen LogP contribution >= 0.6 is 0 Å². The molecule has 1 aromatic heterocycles. The highest BCUT2D eigenvalue weighted by Crippen LogP contribution is 2.32. The van der Waals surface area contributed by atoms with Gasteiger partial charge in [-0.15, -0.1) is 0 Å². The summed E-state index contributed by atoms with van der Waals surface area (Å²) in [6.07, 6.45) is 1.65. The Morgan fingerprint density at radius 3 is 2.79 bits per heavy atom. The molecule has 0 fully saturated rings. The molecule has 1 heterocycles. The van der Waals surface area contributed by atoms with E-state index in [1.54, 1.807) is 49.6 Å². The highest BCUT2D eigenvalue weighted by atomic mass is 19.1. The minimum Gasteiger partial charge on any atom is -0.493 e. The summed E-state index contributed by atoms with van der Waals surface area (Å²) >= 11 is 0. The number of hydrogen-bond acceptors (Lipinski definition) is 5. The first-order valence-electron chi connectivity index (χ1n) is 7.23. The van der Waals surface area contributed by atoms with Crippen LogP contribution < -0.4 is 9.47 Å². The summed E-state index contributed by atoms with van der Waals surface area (Å²) in [7, 11) is 1.54. The van der Waals surface area contributed by atoms with E-state index in [-0.39, 0.29) is 11.5 Å². The van der Waals surface area contributed by atoms with Crippen LogP contribution in [0.4, 0.5) is 4.39 Å². The van der Waals surface area contributed by atoms with E-state index in [4.69, 9.17) is 14.0 Å². The summed E-state index contributed by atoms with van der Waals surface area (Å²) in [6.45, 7) is 3.98. The largest absolute Gasteiger partial charge is 0.493 e. The van der Waals surface area contributed by atoms with Gasteiger partial charge in [0.1, 0.15) is 12.4 Å². The van der Waals surface area contributed by atoms with Crippen molar-refractivity contribution < 1.29 is 18.4 Å². The first-order chi connectivity index (χ1) is 11.7. The van der Waals surface area contributed by atoms with Crippen LogP contribution in [-0.2, 0) is 0 Å². The van der Waals surface area contributed by atoms with Gasteiger partial charge in [0.25, 0.3) is 5.89 Å². The molecule has 0 aliphatic carbocycles.